The number of esters is 1. The van der Waals surface area contributed by atoms with Crippen molar-refractivity contribution in [2.75, 3.05) is 7.11 Å². The van der Waals surface area contributed by atoms with Crippen molar-refractivity contribution in [3.63, 3.8) is 0 Å². The number of nitrogens with zero attached hydrogens (tertiary/aromatic N) is 1. The van der Waals surface area contributed by atoms with Gasteiger partial charge in [0.2, 0.25) is 0 Å². The highest BCUT2D eigenvalue weighted by molar-refractivity contribution is 7.85. The molecule has 1 aromatic heterocycles. The Kier molecular flexibility index (Phi) is 4.59. The number of aromatic nitrogens is 1. The second-order valence-electron chi connectivity index (χ2n) is 5.17. The first kappa shape index (κ1) is 16.2. The van der Waals surface area contributed by atoms with Crippen LogP contribution in [0.4, 0.5) is 0 Å². The summed E-state index contributed by atoms with van der Waals surface area (Å²) in [7, 11) is -1.86. The molecule has 0 aliphatic carbocycles. The number of methoxy groups -OCH3 is 1. The lowest BCUT2D eigenvalue weighted by Gasteiger charge is -2.19. The molecule has 120 valence electrons. The maximum absolute atomic E-state index is 14.1. The van der Waals surface area contributed by atoms with Gasteiger partial charge < -0.3 is 9.30 Å². The van der Waals surface area contributed by atoms with Crippen molar-refractivity contribution in [2.45, 2.75) is 0 Å². The van der Waals surface area contributed by atoms with Crippen LogP contribution in [0.5, 0.6) is 0 Å². The predicted molar refractivity (Wildman–Crippen MR) is 95.0 cm³/mol. The summed E-state index contributed by atoms with van der Waals surface area (Å²) in [6, 6.07) is 21.5. The van der Waals surface area contributed by atoms with Crippen LogP contribution in [0.2, 0.25) is 0 Å². The summed E-state index contributed by atoms with van der Waals surface area (Å²) >= 11 is 0. The van der Waals surface area contributed by atoms with Gasteiger partial charge in [-0.1, -0.05) is 60.7 Å². The number of pyridine rings is 1. The SMILES string of the molecule is COC(=O)c1ccnc(P(=O)(c2ccccc2)c2ccccc2)c1. The van der Waals surface area contributed by atoms with Crippen LogP contribution >= 0.6 is 7.14 Å². The lowest BCUT2D eigenvalue weighted by molar-refractivity contribution is 0.0600. The number of benzene rings is 2. The Balaban J connectivity index is 2.24. The maximum atomic E-state index is 14.1. The summed E-state index contributed by atoms with van der Waals surface area (Å²) in [6.07, 6.45) is 1.49. The molecule has 0 saturated carbocycles. The maximum Gasteiger partial charge on any atom is 0.337 e. The van der Waals surface area contributed by atoms with Gasteiger partial charge in [-0.15, -0.1) is 0 Å². The van der Waals surface area contributed by atoms with E-state index in [4.69, 9.17) is 4.74 Å². The van der Waals surface area contributed by atoms with Gasteiger partial charge in [0, 0.05) is 16.8 Å². The van der Waals surface area contributed by atoms with E-state index in [2.05, 4.69) is 4.98 Å². The van der Waals surface area contributed by atoms with Crippen LogP contribution in [-0.2, 0) is 9.30 Å². The highest BCUT2D eigenvalue weighted by Crippen LogP contribution is 2.41. The first-order valence-corrected chi connectivity index (χ1v) is 9.13. The van der Waals surface area contributed by atoms with Crippen molar-refractivity contribution in [1.29, 1.82) is 0 Å². The number of ether oxygens (including phenoxy) is 1. The monoisotopic (exact) mass is 337 g/mol. The van der Waals surface area contributed by atoms with Crippen LogP contribution in [0, 0.1) is 0 Å². The van der Waals surface area contributed by atoms with Crippen molar-refractivity contribution < 1.29 is 14.1 Å². The van der Waals surface area contributed by atoms with Gasteiger partial charge in [0.1, 0.15) is 5.44 Å². The topological polar surface area (TPSA) is 56.3 Å². The zero-order chi connectivity index (χ0) is 17.0. The van der Waals surface area contributed by atoms with Gasteiger partial charge in [-0.05, 0) is 12.1 Å². The van der Waals surface area contributed by atoms with E-state index in [9.17, 15) is 9.36 Å². The molecule has 0 fully saturated rings. The third-order valence-corrected chi connectivity index (χ3v) is 6.67. The molecule has 0 bridgehead atoms. The molecule has 0 N–H and O–H groups in total. The molecule has 1 heterocycles. The smallest absolute Gasteiger partial charge is 0.337 e. The van der Waals surface area contributed by atoms with Crippen molar-refractivity contribution in [1.82, 2.24) is 4.98 Å². The number of rotatable bonds is 4. The highest BCUT2D eigenvalue weighted by Gasteiger charge is 2.31. The zero-order valence-electron chi connectivity index (χ0n) is 13.1. The van der Waals surface area contributed by atoms with Gasteiger partial charge in [-0.25, -0.2) is 4.79 Å². The third-order valence-electron chi connectivity index (χ3n) is 3.73. The summed E-state index contributed by atoms with van der Waals surface area (Å²) in [5, 5.41) is 1.34. The number of hydrogen-bond donors (Lipinski definition) is 0. The Morgan fingerprint density at radius 1 is 0.917 bits per heavy atom. The van der Waals surface area contributed by atoms with Crippen molar-refractivity contribution in [3.8, 4) is 0 Å². The van der Waals surface area contributed by atoms with Crippen LogP contribution in [-0.4, -0.2) is 18.1 Å². The Hall–Kier alpha value is -2.71. The molecule has 0 amide bonds. The molecular weight excluding hydrogens is 321 g/mol. The first-order valence-electron chi connectivity index (χ1n) is 7.42. The van der Waals surface area contributed by atoms with Gasteiger partial charge >= 0.3 is 5.97 Å². The second kappa shape index (κ2) is 6.81. The van der Waals surface area contributed by atoms with Gasteiger partial charge in [0.05, 0.1) is 12.7 Å². The second-order valence-corrected chi connectivity index (χ2v) is 7.88. The Morgan fingerprint density at radius 3 is 1.96 bits per heavy atom. The van der Waals surface area contributed by atoms with E-state index in [0.29, 0.717) is 21.6 Å². The van der Waals surface area contributed by atoms with E-state index >= 15 is 0 Å². The summed E-state index contributed by atoms with van der Waals surface area (Å²) in [5.41, 5.74) is 0.692. The highest BCUT2D eigenvalue weighted by atomic mass is 31.2. The van der Waals surface area contributed by atoms with Gasteiger partial charge in [0.15, 0.2) is 7.14 Å². The van der Waals surface area contributed by atoms with Gasteiger partial charge in [-0.3, -0.25) is 4.98 Å². The van der Waals surface area contributed by atoms with Crippen LogP contribution in [0.3, 0.4) is 0 Å². The van der Waals surface area contributed by atoms with E-state index in [1.54, 1.807) is 12.1 Å². The van der Waals surface area contributed by atoms with E-state index in [1.165, 1.54) is 13.3 Å². The zero-order valence-corrected chi connectivity index (χ0v) is 14.0. The molecule has 2 aromatic carbocycles. The average molecular weight is 337 g/mol. The molecule has 3 aromatic rings. The molecule has 0 unspecified atom stereocenters. The first-order chi connectivity index (χ1) is 11.7. The molecule has 5 heteroatoms. The standard InChI is InChI=1S/C19H16NO3P/c1-23-19(21)15-12-13-20-18(14-15)24(22,16-8-4-2-5-9-16)17-10-6-3-7-11-17/h2-14H,1H3. The van der Waals surface area contributed by atoms with E-state index < -0.39 is 13.1 Å². The molecule has 0 radical (unpaired) electrons. The fourth-order valence-electron chi connectivity index (χ4n) is 2.52. The third kappa shape index (κ3) is 2.89. The Bertz CT molecular complexity index is 851. The van der Waals surface area contributed by atoms with Gasteiger partial charge in [0.25, 0.3) is 0 Å². The Morgan fingerprint density at radius 2 is 1.46 bits per heavy atom. The number of carbonyl (C=O) groups is 1. The lowest BCUT2D eigenvalue weighted by atomic mass is 10.3. The normalized spacial score (nSPS) is 11.0. The quantitative estimate of drug-likeness (QED) is 0.542. The Labute approximate surface area is 140 Å². The molecule has 0 spiro atoms. The van der Waals surface area contributed by atoms with E-state index in [-0.39, 0.29) is 0 Å². The van der Waals surface area contributed by atoms with E-state index in [1.807, 2.05) is 60.7 Å². The van der Waals surface area contributed by atoms with Crippen molar-refractivity contribution in [2.24, 2.45) is 0 Å². The van der Waals surface area contributed by atoms with Crippen molar-refractivity contribution >= 4 is 29.2 Å². The van der Waals surface area contributed by atoms with Crippen LogP contribution < -0.4 is 16.0 Å². The fourth-order valence-corrected chi connectivity index (χ4v) is 5.09. The fraction of sp³-hybridized carbons (Fsp3) is 0.0526. The number of carbonyl (C=O) groups excluding carboxylic acids is 1. The summed E-state index contributed by atoms with van der Waals surface area (Å²) < 4.78 is 18.8. The minimum absolute atomic E-state index is 0.328. The van der Waals surface area contributed by atoms with Crippen molar-refractivity contribution in [3.05, 3.63) is 84.6 Å². The average Bonchev–Trinajstić information content (AvgIpc) is 2.68. The summed E-state index contributed by atoms with van der Waals surface area (Å²) in [5.74, 6) is -0.480. The number of hydrogen-bond acceptors (Lipinski definition) is 4. The van der Waals surface area contributed by atoms with Crippen LogP contribution in [0.25, 0.3) is 0 Å². The minimum Gasteiger partial charge on any atom is -0.465 e. The molecule has 24 heavy (non-hydrogen) atoms. The van der Waals surface area contributed by atoms with Gasteiger partial charge in [-0.2, -0.15) is 0 Å². The summed E-state index contributed by atoms with van der Waals surface area (Å²) in [6.45, 7) is 0. The van der Waals surface area contributed by atoms with Crippen LogP contribution in [0.1, 0.15) is 10.4 Å². The molecule has 0 aliphatic heterocycles. The largest absolute Gasteiger partial charge is 0.465 e. The molecule has 0 atom stereocenters. The molecule has 4 nitrogen and oxygen atoms in total. The molecule has 0 saturated heterocycles. The summed E-state index contributed by atoms with van der Waals surface area (Å²) in [4.78, 5) is 16.1. The molecule has 0 aliphatic rings. The molecule has 3 rings (SSSR count). The minimum atomic E-state index is -3.17. The predicted octanol–water partition coefficient (Wildman–Crippen LogP) is 2.51. The lowest BCUT2D eigenvalue weighted by Crippen LogP contribution is -2.27. The van der Waals surface area contributed by atoms with Crippen LogP contribution in [0.15, 0.2) is 79.0 Å². The van der Waals surface area contributed by atoms with E-state index in [0.717, 1.165) is 0 Å². The molecular formula is C19H16NO3P.